The van der Waals surface area contributed by atoms with Gasteiger partial charge in [0, 0.05) is 6.07 Å². The van der Waals surface area contributed by atoms with Gasteiger partial charge in [-0.2, -0.15) is 0 Å². The highest BCUT2D eigenvalue weighted by Gasteiger charge is 2.09. The van der Waals surface area contributed by atoms with Crippen LogP contribution in [0, 0.1) is 0 Å². The van der Waals surface area contributed by atoms with Gasteiger partial charge in [-0.25, -0.2) is 0 Å². The first-order valence-electron chi connectivity index (χ1n) is 6.99. The Morgan fingerprint density at radius 1 is 1.09 bits per heavy atom. The van der Waals surface area contributed by atoms with Crippen molar-refractivity contribution < 1.29 is 14.3 Å². The lowest BCUT2D eigenvalue weighted by molar-refractivity contribution is -0.119. The van der Waals surface area contributed by atoms with Crippen molar-refractivity contribution in [3.63, 3.8) is 0 Å². The molecule has 2 aromatic carbocycles. The molecule has 0 heterocycles. The van der Waals surface area contributed by atoms with Gasteiger partial charge in [-0.05, 0) is 29.9 Å². The van der Waals surface area contributed by atoms with E-state index in [9.17, 15) is 4.79 Å². The van der Waals surface area contributed by atoms with Crippen molar-refractivity contribution in [3.8, 4) is 11.5 Å². The second-order valence-corrected chi connectivity index (χ2v) is 5.14. The summed E-state index contributed by atoms with van der Waals surface area (Å²) in [5.41, 5.74) is 1.55. The molecule has 6 heteroatoms. The molecule has 0 unspecified atom stereocenters. The highest BCUT2D eigenvalue weighted by atomic mass is 32.1. The molecule has 2 N–H and O–H groups in total. The third-order valence-corrected chi connectivity index (χ3v) is 3.32. The van der Waals surface area contributed by atoms with Crippen LogP contribution in [0.5, 0.6) is 11.5 Å². The van der Waals surface area contributed by atoms with Gasteiger partial charge in [0.15, 0.2) is 5.11 Å². The fourth-order valence-electron chi connectivity index (χ4n) is 2.02. The van der Waals surface area contributed by atoms with Crippen LogP contribution in [0.3, 0.4) is 0 Å². The average molecular weight is 330 g/mol. The molecule has 0 aromatic heterocycles. The highest BCUT2D eigenvalue weighted by molar-refractivity contribution is 7.80. The van der Waals surface area contributed by atoms with E-state index < -0.39 is 0 Å². The Kier molecular flexibility index (Phi) is 5.94. The van der Waals surface area contributed by atoms with Crippen molar-refractivity contribution in [1.29, 1.82) is 0 Å². The number of hydrogen-bond acceptors (Lipinski definition) is 4. The van der Waals surface area contributed by atoms with Crippen molar-refractivity contribution in [1.82, 2.24) is 5.32 Å². The van der Waals surface area contributed by atoms with Crippen LogP contribution in [0.2, 0.25) is 0 Å². The summed E-state index contributed by atoms with van der Waals surface area (Å²) in [4.78, 5) is 12.0. The van der Waals surface area contributed by atoms with Crippen molar-refractivity contribution in [3.05, 3.63) is 54.1 Å². The summed E-state index contributed by atoms with van der Waals surface area (Å²) < 4.78 is 10.4. The van der Waals surface area contributed by atoms with Crippen LogP contribution >= 0.6 is 12.2 Å². The number of methoxy groups -OCH3 is 2. The smallest absolute Gasteiger partial charge is 0.230 e. The average Bonchev–Trinajstić information content (AvgIpc) is 2.55. The number of amides is 1. The molecule has 0 fully saturated rings. The quantitative estimate of drug-likeness (QED) is 0.826. The number of carbonyl (C=O) groups excluding carboxylic acids is 1. The molecule has 0 spiro atoms. The van der Waals surface area contributed by atoms with Crippen LogP contribution in [-0.4, -0.2) is 25.2 Å². The van der Waals surface area contributed by atoms with Gasteiger partial charge in [-0.3, -0.25) is 4.79 Å². The van der Waals surface area contributed by atoms with Crippen molar-refractivity contribution in [2.45, 2.75) is 6.42 Å². The minimum absolute atomic E-state index is 0.185. The second kappa shape index (κ2) is 8.14. The molecule has 120 valence electrons. The predicted molar refractivity (Wildman–Crippen MR) is 94.1 cm³/mol. The Morgan fingerprint density at radius 3 is 2.48 bits per heavy atom. The van der Waals surface area contributed by atoms with Crippen molar-refractivity contribution >= 4 is 28.9 Å². The largest absolute Gasteiger partial charge is 0.497 e. The van der Waals surface area contributed by atoms with Crippen LogP contribution < -0.4 is 20.1 Å². The monoisotopic (exact) mass is 330 g/mol. The molecule has 2 rings (SSSR count). The molecular weight excluding hydrogens is 312 g/mol. The molecule has 23 heavy (non-hydrogen) atoms. The van der Waals surface area contributed by atoms with Gasteiger partial charge in [0.2, 0.25) is 5.91 Å². The van der Waals surface area contributed by atoms with Gasteiger partial charge >= 0.3 is 0 Å². The molecule has 0 aliphatic rings. The third kappa shape index (κ3) is 4.96. The molecule has 0 saturated heterocycles. The summed E-state index contributed by atoms with van der Waals surface area (Å²) in [5, 5.41) is 5.80. The summed E-state index contributed by atoms with van der Waals surface area (Å²) in [6.45, 7) is 0. The molecule has 0 saturated carbocycles. The number of benzene rings is 2. The minimum atomic E-state index is -0.185. The van der Waals surface area contributed by atoms with E-state index >= 15 is 0 Å². The maximum absolute atomic E-state index is 12.0. The molecule has 0 aliphatic heterocycles. The first-order valence-corrected chi connectivity index (χ1v) is 7.40. The third-order valence-electron chi connectivity index (χ3n) is 3.12. The van der Waals surface area contributed by atoms with Crippen LogP contribution in [0.4, 0.5) is 5.69 Å². The van der Waals surface area contributed by atoms with Crippen LogP contribution in [0.25, 0.3) is 0 Å². The van der Waals surface area contributed by atoms with E-state index in [1.807, 2.05) is 30.3 Å². The van der Waals surface area contributed by atoms with Crippen LogP contribution in [0.1, 0.15) is 5.56 Å². The molecular formula is C17H18N2O3S. The van der Waals surface area contributed by atoms with E-state index in [1.165, 1.54) is 0 Å². The Balaban J connectivity index is 1.98. The number of rotatable bonds is 5. The highest BCUT2D eigenvalue weighted by Crippen LogP contribution is 2.28. The van der Waals surface area contributed by atoms with Crippen LogP contribution in [-0.2, 0) is 11.2 Å². The van der Waals surface area contributed by atoms with Gasteiger partial charge in [0.05, 0.1) is 26.3 Å². The normalized spacial score (nSPS) is 9.83. The fourth-order valence-corrected chi connectivity index (χ4v) is 2.24. The summed E-state index contributed by atoms with van der Waals surface area (Å²) in [6, 6.07) is 14.7. The SMILES string of the molecule is COc1ccc(OC)c(NC(=S)NC(=O)Cc2ccccc2)c1. The number of hydrogen-bond donors (Lipinski definition) is 2. The Bertz CT molecular complexity index is 689. The number of ether oxygens (including phenoxy) is 2. The van der Waals surface area contributed by atoms with Gasteiger partial charge < -0.3 is 20.1 Å². The molecule has 0 bridgehead atoms. The zero-order valence-corrected chi connectivity index (χ0v) is 13.8. The van der Waals surface area contributed by atoms with E-state index in [0.717, 1.165) is 5.56 Å². The lowest BCUT2D eigenvalue weighted by Gasteiger charge is -2.14. The van der Waals surface area contributed by atoms with E-state index in [2.05, 4.69) is 10.6 Å². The summed E-state index contributed by atoms with van der Waals surface area (Å²) in [6.07, 6.45) is 0.262. The van der Waals surface area contributed by atoms with Gasteiger partial charge in [-0.15, -0.1) is 0 Å². The van der Waals surface area contributed by atoms with Crippen molar-refractivity contribution in [2.75, 3.05) is 19.5 Å². The maximum atomic E-state index is 12.0. The predicted octanol–water partition coefficient (Wildman–Crippen LogP) is 2.76. The van der Waals surface area contributed by atoms with E-state index in [0.29, 0.717) is 17.2 Å². The van der Waals surface area contributed by atoms with Crippen LogP contribution in [0.15, 0.2) is 48.5 Å². The number of thiocarbonyl (C=S) groups is 1. The Hall–Kier alpha value is -2.60. The molecule has 1 amide bonds. The van der Waals surface area contributed by atoms with Gasteiger partial charge in [0.1, 0.15) is 11.5 Å². The number of anilines is 1. The Morgan fingerprint density at radius 2 is 1.83 bits per heavy atom. The zero-order chi connectivity index (χ0) is 16.7. The number of nitrogens with one attached hydrogen (secondary N) is 2. The topological polar surface area (TPSA) is 59.6 Å². The molecule has 2 aromatic rings. The summed E-state index contributed by atoms with van der Waals surface area (Å²) >= 11 is 5.18. The molecule has 0 aliphatic carbocycles. The first kappa shape index (κ1) is 16.8. The van der Waals surface area contributed by atoms with E-state index in [-0.39, 0.29) is 17.4 Å². The lowest BCUT2D eigenvalue weighted by atomic mass is 10.1. The second-order valence-electron chi connectivity index (χ2n) is 4.73. The van der Waals surface area contributed by atoms with Gasteiger partial charge in [0.25, 0.3) is 0 Å². The zero-order valence-electron chi connectivity index (χ0n) is 13.0. The summed E-state index contributed by atoms with van der Waals surface area (Å²) in [7, 11) is 3.13. The van der Waals surface area contributed by atoms with Crippen molar-refractivity contribution in [2.24, 2.45) is 0 Å². The maximum Gasteiger partial charge on any atom is 0.230 e. The standard InChI is InChI=1S/C17H18N2O3S/c1-21-13-8-9-15(22-2)14(11-13)18-17(23)19-16(20)10-12-6-4-3-5-7-12/h3-9,11H,10H2,1-2H3,(H2,18,19,20,23). The first-order chi connectivity index (χ1) is 11.1. The molecule has 5 nitrogen and oxygen atoms in total. The fraction of sp³-hybridized carbons (Fsp3) is 0.176. The number of carbonyl (C=O) groups is 1. The molecule has 0 atom stereocenters. The van der Waals surface area contributed by atoms with E-state index in [1.54, 1.807) is 32.4 Å². The lowest BCUT2D eigenvalue weighted by Crippen LogP contribution is -2.35. The Labute approximate surface area is 140 Å². The minimum Gasteiger partial charge on any atom is -0.497 e. The molecule has 0 radical (unpaired) electrons. The van der Waals surface area contributed by atoms with E-state index in [4.69, 9.17) is 21.7 Å². The summed E-state index contributed by atoms with van der Waals surface area (Å²) in [5.74, 6) is 1.08. The van der Waals surface area contributed by atoms with Gasteiger partial charge in [-0.1, -0.05) is 30.3 Å².